The standard InChI is InChI=1S/C48H51ClFN5O3/c49-20-17-42(34-7-3-1-4-8-34)47(35-9-5-2-6-10-35)36-11-13-41(14-12-36)58-24-23-52-21-18-33(19-22-52)28-53-31-39-27-40(32-53)55(39)45-26-38-30-54(29-37(38)25-43(45)50)44-15-16-46(56)51-48(44)57/h1-14,25-26,29-30,33,39-40,44H,15-24,27-28,31-32H2,(H,51,56,57). The summed E-state index contributed by atoms with van der Waals surface area (Å²) < 4.78 is 23.7. The van der Waals surface area contributed by atoms with Crippen molar-refractivity contribution >= 4 is 51.0 Å². The van der Waals surface area contributed by atoms with E-state index in [9.17, 15) is 9.59 Å². The molecule has 5 aliphatic rings. The predicted octanol–water partition coefficient (Wildman–Crippen LogP) is 8.40. The number of halogens is 2. The molecule has 0 spiro atoms. The Balaban J connectivity index is 0.751. The summed E-state index contributed by atoms with van der Waals surface area (Å²) in [6.45, 7) is 6.75. The predicted molar refractivity (Wildman–Crippen MR) is 230 cm³/mol. The lowest BCUT2D eigenvalue weighted by Gasteiger charge is -2.58. The van der Waals surface area contributed by atoms with E-state index in [4.69, 9.17) is 16.3 Å². The molecule has 5 fully saturated rings. The number of benzene rings is 4. The molecule has 2 bridgehead atoms. The maximum atomic E-state index is 15.6. The van der Waals surface area contributed by atoms with Gasteiger partial charge in [-0.3, -0.25) is 24.7 Å². The van der Waals surface area contributed by atoms with Crippen LogP contribution in [0.1, 0.15) is 61.3 Å². The SMILES string of the molecule is O=C1CCC(n2cc3cc(F)c(N4C5CC4CN(CC4CCN(CCOc6ccc(C(=C(CCCl)c7ccccc7)c7ccccc7)cc6)CC4)C5)cc3c2)C(=O)N1. The Morgan fingerprint density at radius 3 is 2.12 bits per heavy atom. The topological polar surface area (TPSA) is 70.0 Å². The van der Waals surface area contributed by atoms with Gasteiger partial charge in [0.05, 0.1) is 5.69 Å². The van der Waals surface area contributed by atoms with Gasteiger partial charge in [0.1, 0.15) is 24.2 Å². The van der Waals surface area contributed by atoms with Gasteiger partial charge in [-0.25, -0.2) is 4.39 Å². The molecule has 5 aliphatic heterocycles. The first-order valence-corrected chi connectivity index (χ1v) is 21.4. The van der Waals surface area contributed by atoms with E-state index in [0.29, 0.717) is 49.0 Å². The molecule has 0 radical (unpaired) electrons. The molecule has 3 atom stereocenters. The molecule has 10 rings (SSSR count). The molecule has 5 aromatic rings. The van der Waals surface area contributed by atoms with Gasteiger partial charge in [0.25, 0.3) is 0 Å². The number of rotatable bonds is 13. The zero-order chi connectivity index (χ0) is 39.6. The number of fused-ring (bicyclic) bond motifs is 3. The van der Waals surface area contributed by atoms with Crippen LogP contribution >= 0.6 is 11.6 Å². The number of nitrogens with zero attached hydrogens (tertiary/aromatic N) is 4. The van der Waals surface area contributed by atoms with Crippen molar-refractivity contribution in [1.82, 2.24) is 19.7 Å². The Kier molecular flexibility index (Phi) is 11.4. The molecule has 1 N–H and O–H groups in total. The third kappa shape index (κ3) is 8.17. The second kappa shape index (κ2) is 17.1. The number of imide groups is 1. The number of ether oxygens (including phenoxy) is 1. The molecule has 8 nitrogen and oxygen atoms in total. The van der Waals surface area contributed by atoms with Crippen LogP contribution < -0.4 is 15.0 Å². The monoisotopic (exact) mass is 799 g/mol. The van der Waals surface area contributed by atoms with Crippen molar-refractivity contribution in [2.75, 3.05) is 56.7 Å². The third-order valence-electron chi connectivity index (χ3n) is 12.7. The quantitative estimate of drug-likeness (QED) is 0.0734. The number of alkyl halides is 1. The molecule has 0 saturated carbocycles. The number of amides is 2. The summed E-state index contributed by atoms with van der Waals surface area (Å²) in [6.07, 6.45) is 8.74. The lowest BCUT2D eigenvalue weighted by atomic mass is 9.85. The summed E-state index contributed by atoms with van der Waals surface area (Å²) in [4.78, 5) is 31.5. The van der Waals surface area contributed by atoms with E-state index >= 15 is 4.39 Å². The Bertz CT molecular complexity index is 2260. The van der Waals surface area contributed by atoms with Gasteiger partial charge in [0.2, 0.25) is 11.8 Å². The summed E-state index contributed by atoms with van der Waals surface area (Å²) >= 11 is 6.35. The van der Waals surface area contributed by atoms with Gasteiger partial charge in [-0.2, -0.15) is 0 Å². The van der Waals surface area contributed by atoms with Crippen molar-refractivity contribution in [3.8, 4) is 5.75 Å². The Morgan fingerprint density at radius 1 is 0.793 bits per heavy atom. The Hall–Kier alpha value is -4.96. The smallest absolute Gasteiger partial charge is 0.249 e. The highest BCUT2D eigenvalue weighted by atomic mass is 35.5. The lowest BCUT2D eigenvalue weighted by molar-refractivity contribution is -0.135. The highest BCUT2D eigenvalue weighted by Gasteiger charge is 2.46. The fourth-order valence-electron chi connectivity index (χ4n) is 9.79. The van der Waals surface area contributed by atoms with Crippen LogP contribution in [-0.4, -0.2) is 90.0 Å². The molecule has 0 aliphatic carbocycles. The summed E-state index contributed by atoms with van der Waals surface area (Å²) in [7, 11) is 0. The highest BCUT2D eigenvalue weighted by molar-refractivity contribution is 6.18. The number of piperazine rings is 1. The first-order chi connectivity index (χ1) is 28.4. The largest absolute Gasteiger partial charge is 0.492 e. The van der Waals surface area contributed by atoms with E-state index in [2.05, 4.69) is 98.9 Å². The number of allylic oxidation sites excluding steroid dienone is 1. The molecule has 6 heterocycles. The first-order valence-electron chi connectivity index (χ1n) is 20.9. The molecule has 4 aromatic carbocycles. The van der Waals surface area contributed by atoms with Crippen molar-refractivity contribution < 1.29 is 18.7 Å². The number of carbonyl (C=O) groups is 2. The van der Waals surface area contributed by atoms with Gasteiger partial charge in [-0.15, -0.1) is 11.6 Å². The molecule has 10 heteroatoms. The second-order valence-electron chi connectivity index (χ2n) is 16.5. The van der Waals surface area contributed by atoms with Crippen LogP contribution in [0.3, 0.4) is 0 Å². The number of aromatic nitrogens is 1. The van der Waals surface area contributed by atoms with Crippen LogP contribution in [-0.2, 0) is 9.59 Å². The normalized spacial score (nSPS) is 22.1. The van der Waals surface area contributed by atoms with Crippen LogP contribution in [0, 0.1) is 11.7 Å². The van der Waals surface area contributed by atoms with Gasteiger partial charge in [0, 0.05) is 73.7 Å². The number of hydrogen-bond acceptors (Lipinski definition) is 6. The van der Waals surface area contributed by atoms with E-state index in [1.54, 1.807) is 6.07 Å². The van der Waals surface area contributed by atoms with E-state index in [-0.39, 0.29) is 17.6 Å². The Labute approximate surface area is 345 Å². The average Bonchev–Trinajstić information content (AvgIpc) is 3.65. The van der Waals surface area contributed by atoms with Crippen LogP contribution in [0.4, 0.5) is 10.1 Å². The van der Waals surface area contributed by atoms with E-state index in [1.807, 2.05) is 29.1 Å². The van der Waals surface area contributed by atoms with Crippen LogP contribution in [0.15, 0.2) is 109 Å². The minimum Gasteiger partial charge on any atom is -0.492 e. The fourth-order valence-corrected chi connectivity index (χ4v) is 9.98. The molecular formula is C48H51ClFN5O3. The molecule has 58 heavy (non-hydrogen) atoms. The van der Waals surface area contributed by atoms with Crippen LogP contribution in [0.2, 0.25) is 0 Å². The number of hydrogen-bond donors (Lipinski definition) is 1. The number of anilines is 1. The summed E-state index contributed by atoms with van der Waals surface area (Å²) in [5.41, 5.74) is 6.62. The van der Waals surface area contributed by atoms with Crippen molar-refractivity contribution in [3.63, 3.8) is 0 Å². The Morgan fingerprint density at radius 2 is 1.45 bits per heavy atom. The van der Waals surface area contributed by atoms with Crippen molar-refractivity contribution in [3.05, 3.63) is 132 Å². The zero-order valence-corrected chi connectivity index (χ0v) is 33.6. The maximum absolute atomic E-state index is 15.6. The maximum Gasteiger partial charge on any atom is 0.249 e. The second-order valence-corrected chi connectivity index (χ2v) is 16.8. The van der Waals surface area contributed by atoms with Gasteiger partial charge < -0.3 is 14.2 Å². The van der Waals surface area contributed by atoms with Gasteiger partial charge in [-0.05, 0) is 103 Å². The molecule has 2 amide bonds. The molecule has 300 valence electrons. The minimum absolute atomic E-state index is 0.213. The average molecular weight is 800 g/mol. The number of nitrogens with one attached hydrogen (secondary N) is 1. The van der Waals surface area contributed by atoms with Crippen LogP contribution in [0.25, 0.3) is 21.9 Å². The van der Waals surface area contributed by atoms with Gasteiger partial charge >= 0.3 is 0 Å². The number of likely N-dealkylation sites (tertiary alicyclic amines) is 1. The fraction of sp³-hybridized carbons (Fsp3) is 0.375. The highest BCUT2D eigenvalue weighted by Crippen LogP contribution is 2.41. The summed E-state index contributed by atoms with van der Waals surface area (Å²) in [6, 6.07) is 33.3. The van der Waals surface area contributed by atoms with E-state index < -0.39 is 6.04 Å². The molecule has 3 unspecified atom stereocenters. The van der Waals surface area contributed by atoms with Crippen molar-refractivity contribution in [2.45, 2.75) is 56.7 Å². The molecule has 1 aromatic heterocycles. The number of carbonyl (C=O) groups excluding carboxylic acids is 2. The first kappa shape index (κ1) is 38.6. The third-order valence-corrected chi connectivity index (χ3v) is 12.9. The lowest BCUT2D eigenvalue weighted by Crippen LogP contribution is -2.69. The molecule has 5 saturated heterocycles. The summed E-state index contributed by atoms with van der Waals surface area (Å²) in [5.74, 6) is 1.35. The van der Waals surface area contributed by atoms with Crippen LogP contribution in [0.5, 0.6) is 5.75 Å². The minimum atomic E-state index is -0.448. The zero-order valence-electron chi connectivity index (χ0n) is 32.9. The van der Waals surface area contributed by atoms with Crippen molar-refractivity contribution in [1.29, 1.82) is 0 Å². The summed E-state index contributed by atoms with van der Waals surface area (Å²) in [5, 5.41) is 4.11. The van der Waals surface area contributed by atoms with E-state index in [1.165, 1.54) is 35.1 Å². The van der Waals surface area contributed by atoms with Crippen molar-refractivity contribution in [2.24, 2.45) is 5.92 Å². The number of piperidine rings is 3. The van der Waals surface area contributed by atoms with Gasteiger partial charge in [0.15, 0.2) is 0 Å². The van der Waals surface area contributed by atoms with Gasteiger partial charge in [-0.1, -0.05) is 72.8 Å². The van der Waals surface area contributed by atoms with E-state index in [0.717, 1.165) is 74.2 Å². The molecular weight excluding hydrogens is 749 g/mol.